The normalized spacial score (nSPS) is 24.5. The fourth-order valence-corrected chi connectivity index (χ4v) is 3.58. The Morgan fingerprint density at radius 3 is 2.43 bits per heavy atom. The Morgan fingerprint density at radius 1 is 1.29 bits per heavy atom. The summed E-state index contributed by atoms with van der Waals surface area (Å²) in [6.07, 6.45) is 3.45. The number of hydrogen-bond acceptors (Lipinski definition) is 4. The van der Waals surface area contributed by atoms with E-state index >= 15 is 0 Å². The van der Waals surface area contributed by atoms with Crippen molar-refractivity contribution in [3.05, 3.63) is 0 Å². The molecule has 1 heterocycles. The monoisotopic (exact) mass is 509 g/mol. The number of hydrogen-bond donors (Lipinski definition) is 3. The van der Waals surface area contributed by atoms with Crippen molar-refractivity contribution in [1.29, 1.82) is 0 Å². The molecule has 0 radical (unpaired) electrons. The zero-order chi connectivity index (χ0) is 20.2. The molecule has 2 aliphatic rings. The third kappa shape index (κ3) is 8.31. The van der Waals surface area contributed by atoms with E-state index in [4.69, 9.17) is 4.74 Å². The third-order valence-electron chi connectivity index (χ3n) is 5.20. The second-order valence-corrected chi connectivity index (χ2v) is 9.30. The van der Waals surface area contributed by atoms with E-state index in [0.717, 1.165) is 25.0 Å². The van der Waals surface area contributed by atoms with Crippen LogP contribution in [-0.4, -0.2) is 66.9 Å². The van der Waals surface area contributed by atoms with Gasteiger partial charge in [-0.05, 0) is 52.9 Å². The molecule has 1 amide bonds. The van der Waals surface area contributed by atoms with Crippen molar-refractivity contribution in [2.24, 2.45) is 10.9 Å². The molecule has 3 N–H and O–H groups in total. The predicted octanol–water partition coefficient (Wildman–Crippen LogP) is 2.94. The number of carbonyl (C=O) groups is 1. The Labute approximate surface area is 187 Å². The van der Waals surface area contributed by atoms with Crippen LogP contribution in [0.1, 0.15) is 60.8 Å². The molecule has 1 aliphatic heterocycles. The maximum absolute atomic E-state index is 12.1. The predicted molar refractivity (Wildman–Crippen MR) is 126 cm³/mol. The van der Waals surface area contributed by atoms with E-state index in [0.29, 0.717) is 18.6 Å². The molecule has 2 rings (SSSR count). The van der Waals surface area contributed by atoms with Crippen molar-refractivity contribution in [3.8, 4) is 0 Å². The molecule has 3 atom stereocenters. The van der Waals surface area contributed by atoms with E-state index in [1.807, 2.05) is 20.8 Å². The summed E-state index contributed by atoms with van der Waals surface area (Å²) in [4.78, 5) is 19.1. The fourth-order valence-electron chi connectivity index (χ4n) is 3.58. The molecule has 0 spiro atoms. The molecule has 3 unspecified atom stereocenters. The minimum Gasteiger partial charge on any atom is -0.444 e. The summed E-state index contributed by atoms with van der Waals surface area (Å²) in [6, 6.07) is 1.81. The lowest BCUT2D eigenvalue weighted by Gasteiger charge is -2.27. The highest BCUT2D eigenvalue weighted by atomic mass is 127. The van der Waals surface area contributed by atoms with Gasteiger partial charge in [0.05, 0.1) is 6.04 Å². The summed E-state index contributed by atoms with van der Waals surface area (Å²) in [5.74, 6) is 1.07. The summed E-state index contributed by atoms with van der Waals surface area (Å²) in [5.41, 5.74) is -0.497. The van der Waals surface area contributed by atoms with Gasteiger partial charge < -0.3 is 20.7 Å². The summed E-state index contributed by atoms with van der Waals surface area (Å²) in [6.45, 7) is 13.8. The number of ether oxygens (including phenoxy) is 1. The Hall–Kier alpha value is -0.770. The van der Waals surface area contributed by atoms with Crippen molar-refractivity contribution >= 4 is 36.0 Å². The van der Waals surface area contributed by atoms with Crippen LogP contribution >= 0.6 is 24.0 Å². The van der Waals surface area contributed by atoms with Crippen LogP contribution in [0.4, 0.5) is 4.79 Å². The summed E-state index contributed by atoms with van der Waals surface area (Å²) in [7, 11) is 1.79. The number of amides is 1. The number of nitrogens with zero attached hydrogens (tertiary/aromatic N) is 2. The van der Waals surface area contributed by atoms with Crippen molar-refractivity contribution < 1.29 is 9.53 Å². The van der Waals surface area contributed by atoms with Crippen LogP contribution < -0.4 is 16.0 Å². The number of rotatable bonds is 6. The van der Waals surface area contributed by atoms with Crippen LogP contribution in [-0.2, 0) is 4.74 Å². The first-order valence-corrected chi connectivity index (χ1v) is 10.3. The van der Waals surface area contributed by atoms with Gasteiger partial charge in [-0.2, -0.15) is 0 Å². The number of nitrogens with one attached hydrogen (secondary N) is 3. The van der Waals surface area contributed by atoms with Gasteiger partial charge in [-0.25, -0.2) is 4.79 Å². The average Bonchev–Trinajstić information content (AvgIpc) is 3.31. The molecule has 1 saturated heterocycles. The largest absolute Gasteiger partial charge is 0.444 e. The maximum atomic E-state index is 12.1. The average molecular weight is 509 g/mol. The summed E-state index contributed by atoms with van der Waals surface area (Å²) < 4.78 is 5.38. The van der Waals surface area contributed by atoms with Crippen LogP contribution in [0.5, 0.6) is 0 Å². The number of carbonyl (C=O) groups excluding carboxylic acids is 1. The van der Waals surface area contributed by atoms with Gasteiger partial charge in [-0.1, -0.05) is 13.8 Å². The smallest absolute Gasteiger partial charge is 0.407 e. The topological polar surface area (TPSA) is 78.0 Å². The first-order chi connectivity index (χ1) is 12.6. The van der Waals surface area contributed by atoms with E-state index in [-0.39, 0.29) is 42.0 Å². The van der Waals surface area contributed by atoms with E-state index in [2.05, 4.69) is 46.6 Å². The number of likely N-dealkylation sites (tertiary alicyclic amines) is 1. The quantitative estimate of drug-likeness (QED) is 0.292. The van der Waals surface area contributed by atoms with E-state index in [1.54, 1.807) is 7.05 Å². The summed E-state index contributed by atoms with van der Waals surface area (Å²) in [5, 5.41) is 9.89. The van der Waals surface area contributed by atoms with Crippen LogP contribution in [0, 0.1) is 5.92 Å². The lowest BCUT2D eigenvalue weighted by molar-refractivity contribution is 0.0491. The van der Waals surface area contributed by atoms with Crippen LogP contribution in [0.2, 0.25) is 0 Å². The maximum Gasteiger partial charge on any atom is 0.407 e. The van der Waals surface area contributed by atoms with Crippen molar-refractivity contribution in [2.75, 3.05) is 20.1 Å². The lowest BCUT2D eigenvalue weighted by Crippen LogP contribution is -2.52. The Bertz CT molecular complexity index is 531. The number of halogens is 1. The van der Waals surface area contributed by atoms with Crippen LogP contribution in [0.15, 0.2) is 4.99 Å². The first-order valence-electron chi connectivity index (χ1n) is 10.3. The molecule has 164 valence electrons. The Balaban J connectivity index is 0.00000392. The minimum absolute atomic E-state index is 0. The van der Waals surface area contributed by atoms with E-state index < -0.39 is 5.60 Å². The molecule has 28 heavy (non-hydrogen) atoms. The second kappa shape index (κ2) is 10.8. The first kappa shape index (κ1) is 25.3. The highest BCUT2D eigenvalue weighted by Gasteiger charge is 2.39. The number of aliphatic imine (C=N–C) groups is 1. The molecule has 0 aromatic heterocycles. The van der Waals surface area contributed by atoms with Crippen molar-refractivity contribution in [2.45, 2.75) is 90.6 Å². The van der Waals surface area contributed by atoms with Gasteiger partial charge in [0.2, 0.25) is 0 Å². The molecule has 2 fully saturated rings. The van der Waals surface area contributed by atoms with Gasteiger partial charge in [0.15, 0.2) is 5.96 Å². The molecule has 0 aromatic rings. The van der Waals surface area contributed by atoms with Crippen LogP contribution in [0.25, 0.3) is 0 Å². The van der Waals surface area contributed by atoms with Gasteiger partial charge in [-0.15, -0.1) is 24.0 Å². The van der Waals surface area contributed by atoms with Gasteiger partial charge in [-0.3, -0.25) is 9.89 Å². The second-order valence-electron chi connectivity index (χ2n) is 9.30. The molecule has 1 saturated carbocycles. The molecule has 0 bridgehead atoms. The summed E-state index contributed by atoms with van der Waals surface area (Å²) >= 11 is 0. The zero-order valence-corrected chi connectivity index (χ0v) is 20.9. The van der Waals surface area contributed by atoms with Crippen LogP contribution in [0.3, 0.4) is 0 Å². The molecule has 1 aliphatic carbocycles. The third-order valence-corrected chi connectivity index (χ3v) is 5.20. The highest BCUT2D eigenvalue weighted by molar-refractivity contribution is 14.0. The zero-order valence-electron chi connectivity index (χ0n) is 18.5. The molecule has 7 nitrogen and oxygen atoms in total. The fraction of sp³-hybridized carbons (Fsp3) is 0.900. The minimum atomic E-state index is -0.497. The van der Waals surface area contributed by atoms with E-state index in [9.17, 15) is 4.79 Å². The Kier molecular flexibility index (Phi) is 9.79. The van der Waals surface area contributed by atoms with Gasteiger partial charge >= 0.3 is 6.09 Å². The van der Waals surface area contributed by atoms with Crippen molar-refractivity contribution in [1.82, 2.24) is 20.9 Å². The standard InChI is InChI=1S/C20H39N5O2.HI/c1-13(2)17(24-19(26)27-20(4,5)6)11-22-18(21-7)23-15-10-14(3)25(12-15)16-8-9-16;/h13-17H,8-12H2,1-7H3,(H,24,26)(H2,21,22,23);1H. The molecular weight excluding hydrogens is 469 g/mol. The highest BCUT2D eigenvalue weighted by Crippen LogP contribution is 2.33. The number of guanidine groups is 1. The molecule has 8 heteroatoms. The van der Waals surface area contributed by atoms with E-state index in [1.165, 1.54) is 12.8 Å². The van der Waals surface area contributed by atoms with Gasteiger partial charge in [0, 0.05) is 38.3 Å². The lowest BCUT2D eigenvalue weighted by atomic mass is 10.0. The number of alkyl carbamates (subject to hydrolysis) is 1. The SMILES string of the molecule is CN=C(NCC(NC(=O)OC(C)(C)C)C(C)C)NC1CC(C)N(C2CC2)C1.I. The molecule has 0 aromatic carbocycles. The Morgan fingerprint density at radius 2 is 1.93 bits per heavy atom. The van der Waals surface area contributed by atoms with Gasteiger partial charge in [0.25, 0.3) is 0 Å². The molecular formula is C20H40IN5O2. The van der Waals surface area contributed by atoms with Gasteiger partial charge in [0.1, 0.15) is 5.60 Å². The van der Waals surface area contributed by atoms with Crippen molar-refractivity contribution in [3.63, 3.8) is 0 Å².